The Bertz CT molecular complexity index is 1890. The first-order chi connectivity index (χ1) is 24.7. The molecule has 0 fully saturated rings. The number of esters is 2. The zero-order valence-electron chi connectivity index (χ0n) is 27.2. The van der Waals surface area contributed by atoms with Crippen molar-refractivity contribution in [1.29, 1.82) is 0 Å². The Morgan fingerprint density at radius 3 is 2.08 bits per heavy atom. The van der Waals surface area contributed by atoms with E-state index in [4.69, 9.17) is 30.5 Å². The molecular weight excluding hydrogens is 719 g/mol. The van der Waals surface area contributed by atoms with E-state index >= 15 is 0 Å². The molecule has 0 unspecified atom stereocenters. The minimum Gasteiger partial charge on any atom is -0.463 e. The average molecular weight is 748 g/mol. The van der Waals surface area contributed by atoms with Crippen LogP contribution in [0, 0.1) is 10.1 Å². The van der Waals surface area contributed by atoms with Crippen molar-refractivity contribution in [2.45, 2.75) is 20.0 Å². The minimum atomic E-state index is -4.61. The third kappa shape index (κ3) is 12.8. The van der Waals surface area contributed by atoms with E-state index in [9.17, 15) is 42.5 Å². The molecule has 18 heteroatoms. The molecule has 4 aromatic rings. The van der Waals surface area contributed by atoms with Gasteiger partial charge in [0.2, 0.25) is 0 Å². The summed E-state index contributed by atoms with van der Waals surface area (Å²) >= 11 is 5.81. The van der Waals surface area contributed by atoms with E-state index in [1.807, 2.05) is 6.07 Å². The maximum Gasteiger partial charge on any atom is 0.417 e. The number of anilines is 2. The summed E-state index contributed by atoms with van der Waals surface area (Å²) in [6, 6.07) is 20.8. The monoisotopic (exact) mass is 747 g/mol. The number of nitro benzene ring substituents is 1. The van der Waals surface area contributed by atoms with Gasteiger partial charge in [0.15, 0.2) is 6.61 Å². The van der Waals surface area contributed by atoms with Gasteiger partial charge in [0.1, 0.15) is 22.8 Å². The van der Waals surface area contributed by atoms with Gasteiger partial charge in [-0.25, -0.2) is 19.2 Å². The number of nitro groups is 1. The molecule has 0 saturated carbocycles. The zero-order valence-corrected chi connectivity index (χ0v) is 28.0. The van der Waals surface area contributed by atoms with Crippen LogP contribution in [0.3, 0.4) is 0 Å². The summed E-state index contributed by atoms with van der Waals surface area (Å²) in [7, 11) is 0. The maximum absolute atomic E-state index is 12.7. The summed E-state index contributed by atoms with van der Waals surface area (Å²) in [5, 5.41) is 15.9. The van der Waals surface area contributed by atoms with Crippen molar-refractivity contribution in [3.05, 3.63) is 117 Å². The van der Waals surface area contributed by atoms with E-state index in [2.05, 4.69) is 15.4 Å². The van der Waals surface area contributed by atoms with E-state index in [1.54, 1.807) is 49.4 Å². The Balaban J connectivity index is 0.000000294. The fraction of sp³-hybridized carbons (Fsp3) is 0.176. The third-order valence-electron chi connectivity index (χ3n) is 6.08. The van der Waals surface area contributed by atoms with Gasteiger partial charge in [0.05, 0.1) is 28.7 Å². The van der Waals surface area contributed by atoms with Gasteiger partial charge >= 0.3 is 30.3 Å². The lowest BCUT2D eigenvalue weighted by atomic mass is 10.1. The summed E-state index contributed by atoms with van der Waals surface area (Å²) in [5.41, 5.74) is -1.05. The SMILES string of the molecule is CCOC(=O)COC(=O)c1cc(Oc2ccc(C(F)(F)F)cc2Cl)ccc1[N+](=O)[O-].CCOC(=O)Nc1cccc(OC(=O)Nc2ccccc2)c1. The lowest BCUT2D eigenvalue weighted by molar-refractivity contribution is -0.385. The van der Waals surface area contributed by atoms with Gasteiger partial charge < -0.3 is 23.7 Å². The van der Waals surface area contributed by atoms with Crippen molar-refractivity contribution >= 4 is 52.8 Å². The molecule has 14 nitrogen and oxygen atoms in total. The Hall–Kier alpha value is -6.36. The van der Waals surface area contributed by atoms with Crippen molar-refractivity contribution in [3.8, 4) is 17.2 Å². The fourth-order valence-corrected chi connectivity index (χ4v) is 4.11. The van der Waals surface area contributed by atoms with Gasteiger partial charge in [-0.05, 0) is 62.4 Å². The van der Waals surface area contributed by atoms with Crippen molar-refractivity contribution in [2.24, 2.45) is 0 Å². The molecule has 274 valence electrons. The van der Waals surface area contributed by atoms with Crippen molar-refractivity contribution in [3.63, 3.8) is 0 Å². The minimum absolute atomic E-state index is 0.0493. The van der Waals surface area contributed by atoms with Gasteiger partial charge in [0.25, 0.3) is 5.69 Å². The highest BCUT2D eigenvalue weighted by Crippen LogP contribution is 2.37. The standard InChI is InChI=1S/C18H13ClF3NO7.C16H16N2O4/c1-2-28-16(24)9-29-17(25)12-8-11(4-5-14(12)23(26)27)30-15-6-3-10(7-13(15)19)18(20,21)22;1-2-21-15(19)18-13-9-6-10-14(11-13)22-16(20)17-12-7-4-3-5-8-12/h3-8H,2,9H2,1H3;3-11H,2H2,1H3,(H,17,20)(H,18,19). The molecule has 0 aliphatic carbocycles. The van der Waals surface area contributed by atoms with Gasteiger partial charge in [-0.2, -0.15) is 13.2 Å². The summed E-state index contributed by atoms with van der Waals surface area (Å²) in [6.45, 7) is 2.82. The van der Waals surface area contributed by atoms with E-state index < -0.39 is 58.6 Å². The van der Waals surface area contributed by atoms with Crippen LogP contribution in [-0.2, 0) is 25.2 Å². The van der Waals surface area contributed by atoms with Crippen molar-refractivity contribution in [1.82, 2.24) is 0 Å². The molecule has 0 aliphatic heterocycles. The second-order valence-electron chi connectivity index (χ2n) is 9.82. The third-order valence-corrected chi connectivity index (χ3v) is 6.38. The molecule has 4 aromatic carbocycles. The van der Waals surface area contributed by atoms with Crippen LogP contribution in [0.2, 0.25) is 5.02 Å². The van der Waals surface area contributed by atoms with Gasteiger partial charge in [-0.15, -0.1) is 0 Å². The number of para-hydroxylation sites is 1. The van der Waals surface area contributed by atoms with Crippen LogP contribution in [0.1, 0.15) is 29.8 Å². The number of nitrogens with one attached hydrogen (secondary N) is 2. The van der Waals surface area contributed by atoms with Crippen LogP contribution >= 0.6 is 11.6 Å². The average Bonchev–Trinajstić information content (AvgIpc) is 3.08. The molecule has 0 heterocycles. The normalized spacial score (nSPS) is 10.4. The molecule has 0 spiro atoms. The second-order valence-corrected chi connectivity index (χ2v) is 10.2. The summed E-state index contributed by atoms with van der Waals surface area (Å²) < 4.78 is 62.7. The van der Waals surface area contributed by atoms with Crippen LogP contribution in [0.5, 0.6) is 17.2 Å². The first-order valence-electron chi connectivity index (χ1n) is 14.9. The predicted octanol–water partition coefficient (Wildman–Crippen LogP) is 8.65. The van der Waals surface area contributed by atoms with Crippen LogP contribution in [-0.4, -0.2) is 48.9 Å². The van der Waals surface area contributed by atoms with Crippen molar-refractivity contribution < 1.29 is 61.0 Å². The molecule has 0 saturated heterocycles. The lowest BCUT2D eigenvalue weighted by Gasteiger charge is -2.12. The number of carbonyl (C=O) groups excluding carboxylic acids is 4. The molecule has 0 aromatic heterocycles. The summed E-state index contributed by atoms with van der Waals surface area (Å²) in [4.78, 5) is 56.9. The number of benzene rings is 4. The van der Waals surface area contributed by atoms with Crippen molar-refractivity contribution in [2.75, 3.05) is 30.5 Å². The molecule has 2 N–H and O–H groups in total. The highest BCUT2D eigenvalue weighted by atomic mass is 35.5. The Labute approximate surface area is 298 Å². The number of nitrogens with zero attached hydrogens (tertiary/aromatic N) is 1. The number of carbonyl (C=O) groups is 4. The Kier molecular flexibility index (Phi) is 14.8. The van der Waals surface area contributed by atoms with E-state index in [1.165, 1.54) is 13.0 Å². The van der Waals surface area contributed by atoms with Gasteiger partial charge in [-0.3, -0.25) is 20.7 Å². The van der Waals surface area contributed by atoms with Gasteiger partial charge in [0, 0.05) is 29.6 Å². The molecular formula is C34H29ClF3N3O11. The molecule has 0 aliphatic rings. The number of alkyl halides is 3. The Morgan fingerprint density at radius 1 is 0.769 bits per heavy atom. The maximum atomic E-state index is 12.7. The van der Waals surface area contributed by atoms with Gasteiger partial charge in [-0.1, -0.05) is 35.9 Å². The Morgan fingerprint density at radius 2 is 1.44 bits per heavy atom. The first kappa shape index (κ1) is 40.1. The molecule has 52 heavy (non-hydrogen) atoms. The number of hydrogen-bond acceptors (Lipinski definition) is 11. The highest BCUT2D eigenvalue weighted by Gasteiger charge is 2.31. The fourth-order valence-electron chi connectivity index (χ4n) is 3.89. The number of hydrogen-bond donors (Lipinski definition) is 2. The summed E-state index contributed by atoms with van der Waals surface area (Å²) in [5.74, 6) is -2.05. The molecule has 0 atom stereocenters. The largest absolute Gasteiger partial charge is 0.463 e. The molecule has 0 bridgehead atoms. The van der Waals surface area contributed by atoms with Crippen LogP contribution in [0.25, 0.3) is 0 Å². The topological polar surface area (TPSA) is 182 Å². The summed E-state index contributed by atoms with van der Waals surface area (Å²) in [6.07, 6.45) is -5.78. The second kappa shape index (κ2) is 19.1. The van der Waals surface area contributed by atoms with Crippen LogP contribution in [0.4, 0.5) is 39.8 Å². The van der Waals surface area contributed by atoms with Crippen LogP contribution < -0.4 is 20.1 Å². The zero-order chi connectivity index (χ0) is 38.3. The lowest BCUT2D eigenvalue weighted by Crippen LogP contribution is -2.17. The highest BCUT2D eigenvalue weighted by molar-refractivity contribution is 6.32. The molecule has 0 radical (unpaired) electrons. The van der Waals surface area contributed by atoms with E-state index in [-0.39, 0.29) is 29.7 Å². The smallest absolute Gasteiger partial charge is 0.417 e. The predicted molar refractivity (Wildman–Crippen MR) is 180 cm³/mol. The number of ether oxygens (including phenoxy) is 5. The molecule has 2 amide bonds. The first-order valence-corrected chi connectivity index (χ1v) is 15.3. The van der Waals surface area contributed by atoms with E-state index in [0.29, 0.717) is 23.2 Å². The quantitative estimate of drug-likeness (QED) is 0.0648. The van der Waals surface area contributed by atoms with E-state index in [0.717, 1.165) is 30.3 Å². The number of rotatable bonds is 11. The van der Waals surface area contributed by atoms with Crippen LogP contribution in [0.15, 0.2) is 91.0 Å². The molecule has 4 rings (SSSR count). The number of halogens is 4. The number of amides is 2.